The van der Waals surface area contributed by atoms with Gasteiger partial charge in [0.2, 0.25) is 0 Å². The topological polar surface area (TPSA) is 73.6 Å². The summed E-state index contributed by atoms with van der Waals surface area (Å²) in [4.78, 5) is 11.4. The molecule has 0 aliphatic rings. The predicted molar refractivity (Wildman–Crippen MR) is 73.4 cm³/mol. The fourth-order valence-corrected chi connectivity index (χ4v) is 1.44. The maximum absolute atomic E-state index is 11.4. The Labute approximate surface area is 113 Å². The molecule has 1 rings (SSSR count). The van der Waals surface area contributed by atoms with Crippen LogP contribution in [0.5, 0.6) is 5.75 Å². The highest BCUT2D eigenvalue weighted by molar-refractivity contribution is 5.88. The van der Waals surface area contributed by atoms with Crippen molar-refractivity contribution in [1.82, 2.24) is 5.32 Å². The molecule has 19 heavy (non-hydrogen) atoms. The Hall–Kier alpha value is -2.17. The van der Waals surface area contributed by atoms with Gasteiger partial charge in [0.1, 0.15) is 11.4 Å². The van der Waals surface area contributed by atoms with Gasteiger partial charge in [-0.25, -0.2) is 4.79 Å². The van der Waals surface area contributed by atoms with E-state index in [1.165, 1.54) is 0 Å². The molecule has 5 heteroatoms. The first-order chi connectivity index (χ1) is 9.08. The Morgan fingerprint density at radius 3 is 2.47 bits per heavy atom. The molecule has 0 aliphatic carbocycles. The first-order valence-corrected chi connectivity index (χ1v) is 6.08. The smallest absolute Gasteiger partial charge is 0.355 e. The quantitative estimate of drug-likeness (QED) is 0.602. The van der Waals surface area contributed by atoms with Gasteiger partial charge in [-0.1, -0.05) is 12.1 Å². The normalized spacial score (nSPS) is 11.5. The molecule has 0 fully saturated rings. The molecule has 0 unspecified atom stereocenters. The van der Waals surface area contributed by atoms with E-state index < -0.39 is 5.97 Å². The van der Waals surface area contributed by atoms with Crippen LogP contribution in [0.15, 0.2) is 35.7 Å². The lowest BCUT2D eigenvalue weighted by Crippen LogP contribution is -2.22. The molecule has 104 valence electrons. The van der Waals surface area contributed by atoms with E-state index in [1.54, 1.807) is 21.0 Å². The minimum atomic E-state index is -0.498. The first-order valence-electron chi connectivity index (χ1n) is 6.08. The average molecular weight is 264 g/mol. The molecular weight excluding hydrogens is 244 g/mol. The third kappa shape index (κ3) is 4.54. The van der Waals surface area contributed by atoms with Crippen LogP contribution in [0, 0.1) is 0 Å². The fraction of sp³-hybridized carbons (Fsp3) is 0.357. The minimum Gasteiger partial charge on any atom is -0.497 e. The van der Waals surface area contributed by atoms with Crippen molar-refractivity contribution in [1.29, 1.82) is 0 Å². The van der Waals surface area contributed by atoms with Gasteiger partial charge < -0.3 is 20.5 Å². The molecule has 1 aromatic rings. The van der Waals surface area contributed by atoms with E-state index in [4.69, 9.17) is 15.2 Å². The maximum atomic E-state index is 11.4. The second-order valence-electron chi connectivity index (χ2n) is 3.96. The van der Waals surface area contributed by atoms with E-state index in [0.29, 0.717) is 18.8 Å². The van der Waals surface area contributed by atoms with Gasteiger partial charge in [-0.15, -0.1) is 0 Å². The lowest BCUT2D eigenvalue weighted by Gasteiger charge is -2.10. The van der Waals surface area contributed by atoms with Crippen molar-refractivity contribution in [3.8, 4) is 5.75 Å². The van der Waals surface area contributed by atoms with E-state index >= 15 is 0 Å². The van der Waals surface area contributed by atoms with Crippen LogP contribution in [0.1, 0.15) is 19.4 Å². The van der Waals surface area contributed by atoms with Crippen LogP contribution >= 0.6 is 0 Å². The number of carbonyl (C=O) groups is 1. The molecule has 0 saturated carbocycles. The number of rotatable bonds is 6. The van der Waals surface area contributed by atoms with Crippen LogP contribution in [0.4, 0.5) is 0 Å². The highest BCUT2D eigenvalue weighted by Gasteiger charge is 2.09. The third-order valence-corrected chi connectivity index (χ3v) is 2.62. The summed E-state index contributed by atoms with van der Waals surface area (Å²) in [6, 6.07) is 7.65. The summed E-state index contributed by atoms with van der Waals surface area (Å²) >= 11 is 0. The summed E-state index contributed by atoms with van der Waals surface area (Å²) in [5, 5.41) is 3.09. The van der Waals surface area contributed by atoms with Crippen molar-refractivity contribution >= 4 is 5.97 Å². The molecule has 0 bridgehead atoms. The summed E-state index contributed by atoms with van der Waals surface area (Å²) in [5.41, 5.74) is 7.46. The van der Waals surface area contributed by atoms with Crippen molar-refractivity contribution < 1.29 is 14.3 Å². The lowest BCUT2D eigenvalue weighted by atomic mass is 10.2. The Morgan fingerprint density at radius 2 is 1.95 bits per heavy atom. The number of esters is 1. The van der Waals surface area contributed by atoms with Crippen LogP contribution in [0.3, 0.4) is 0 Å². The zero-order chi connectivity index (χ0) is 14.3. The van der Waals surface area contributed by atoms with Crippen LogP contribution in [0.2, 0.25) is 0 Å². The number of nitrogens with one attached hydrogen (secondary N) is 1. The van der Waals surface area contributed by atoms with Gasteiger partial charge in [0, 0.05) is 12.2 Å². The first kappa shape index (κ1) is 14.9. The number of carbonyl (C=O) groups excluding carboxylic acids is 1. The Balaban J connectivity index is 2.59. The molecule has 1 aromatic carbocycles. The van der Waals surface area contributed by atoms with E-state index in [2.05, 4.69) is 5.32 Å². The third-order valence-electron chi connectivity index (χ3n) is 2.62. The largest absolute Gasteiger partial charge is 0.497 e. The number of hydrogen-bond acceptors (Lipinski definition) is 5. The summed E-state index contributed by atoms with van der Waals surface area (Å²) in [5.74, 6) is 0.310. The molecule has 0 spiro atoms. The van der Waals surface area contributed by atoms with Crippen LogP contribution in [0.25, 0.3) is 0 Å². The molecule has 0 atom stereocenters. The van der Waals surface area contributed by atoms with Gasteiger partial charge in [-0.05, 0) is 31.5 Å². The van der Waals surface area contributed by atoms with Crippen LogP contribution in [-0.4, -0.2) is 19.7 Å². The number of allylic oxidation sites excluding steroid dienone is 1. The fourth-order valence-electron chi connectivity index (χ4n) is 1.44. The van der Waals surface area contributed by atoms with Gasteiger partial charge in [-0.3, -0.25) is 0 Å². The molecule has 0 radical (unpaired) electrons. The second-order valence-corrected chi connectivity index (χ2v) is 3.96. The number of methoxy groups -OCH3 is 1. The minimum absolute atomic E-state index is 0.107. The van der Waals surface area contributed by atoms with Crippen molar-refractivity contribution in [3.63, 3.8) is 0 Å². The van der Waals surface area contributed by atoms with Gasteiger partial charge in [-0.2, -0.15) is 0 Å². The van der Waals surface area contributed by atoms with E-state index in [-0.39, 0.29) is 5.70 Å². The number of hydrogen-bond donors (Lipinski definition) is 2. The zero-order valence-electron chi connectivity index (χ0n) is 11.5. The van der Waals surface area contributed by atoms with Gasteiger partial charge in [0.05, 0.1) is 13.7 Å². The van der Waals surface area contributed by atoms with Crippen LogP contribution in [-0.2, 0) is 16.1 Å². The van der Waals surface area contributed by atoms with Gasteiger partial charge in [0.15, 0.2) is 0 Å². The summed E-state index contributed by atoms with van der Waals surface area (Å²) in [6.45, 7) is 4.38. The second kappa shape index (κ2) is 7.31. The Kier molecular flexibility index (Phi) is 5.73. The van der Waals surface area contributed by atoms with E-state index in [0.717, 1.165) is 11.3 Å². The molecule has 0 saturated heterocycles. The van der Waals surface area contributed by atoms with Crippen LogP contribution < -0.4 is 15.8 Å². The highest BCUT2D eigenvalue weighted by Crippen LogP contribution is 2.11. The maximum Gasteiger partial charge on any atom is 0.355 e. The standard InChI is InChI=1S/C14H20N2O3/c1-4-19-14(17)13(15)10(2)16-9-11-5-7-12(18-3)8-6-11/h5-8,16H,4,9,15H2,1-3H3/b13-10-. The molecule has 0 aliphatic heterocycles. The van der Waals surface area contributed by atoms with Crippen molar-refractivity contribution in [2.24, 2.45) is 5.73 Å². The molecule has 5 nitrogen and oxygen atoms in total. The predicted octanol–water partition coefficient (Wildman–Crippen LogP) is 1.54. The molecular formula is C14H20N2O3. The van der Waals surface area contributed by atoms with Gasteiger partial charge in [0.25, 0.3) is 0 Å². The Bertz CT molecular complexity index is 452. The summed E-state index contributed by atoms with van der Waals surface area (Å²) in [6.07, 6.45) is 0. The lowest BCUT2D eigenvalue weighted by molar-refractivity contribution is -0.138. The monoisotopic (exact) mass is 264 g/mol. The molecule has 3 N–H and O–H groups in total. The molecule has 0 heterocycles. The van der Waals surface area contributed by atoms with Crippen molar-refractivity contribution in [3.05, 3.63) is 41.2 Å². The highest BCUT2D eigenvalue weighted by atomic mass is 16.5. The summed E-state index contributed by atoms with van der Waals surface area (Å²) < 4.78 is 9.91. The number of ether oxygens (including phenoxy) is 2. The van der Waals surface area contributed by atoms with Crippen molar-refractivity contribution in [2.45, 2.75) is 20.4 Å². The van der Waals surface area contributed by atoms with Gasteiger partial charge >= 0.3 is 5.97 Å². The van der Waals surface area contributed by atoms with Crippen molar-refractivity contribution in [2.75, 3.05) is 13.7 Å². The Morgan fingerprint density at radius 1 is 1.32 bits per heavy atom. The number of nitrogens with two attached hydrogens (primary N) is 1. The zero-order valence-corrected chi connectivity index (χ0v) is 11.5. The molecule has 0 aromatic heterocycles. The summed E-state index contributed by atoms with van der Waals surface area (Å²) in [7, 11) is 1.63. The SMILES string of the molecule is CCOC(=O)/C(N)=C(\C)NCc1ccc(OC)cc1. The average Bonchev–Trinajstić information content (AvgIpc) is 2.44. The number of benzene rings is 1. The van der Waals surface area contributed by atoms with E-state index in [9.17, 15) is 4.79 Å². The van der Waals surface area contributed by atoms with E-state index in [1.807, 2.05) is 24.3 Å². The molecule has 0 amide bonds.